The van der Waals surface area contributed by atoms with Gasteiger partial charge in [-0.05, 0) is 30.5 Å². The van der Waals surface area contributed by atoms with Gasteiger partial charge in [-0.25, -0.2) is 4.98 Å². The number of carbonyl (C=O) groups is 1. The van der Waals surface area contributed by atoms with Crippen molar-refractivity contribution in [1.82, 2.24) is 19.7 Å². The fourth-order valence-corrected chi connectivity index (χ4v) is 2.94. The average Bonchev–Trinajstić information content (AvgIpc) is 3.24. The molecule has 0 radical (unpaired) electrons. The van der Waals surface area contributed by atoms with Crippen molar-refractivity contribution in [2.24, 2.45) is 0 Å². The van der Waals surface area contributed by atoms with Crippen molar-refractivity contribution < 1.29 is 9.53 Å². The molecule has 1 aliphatic heterocycles. The van der Waals surface area contributed by atoms with E-state index in [4.69, 9.17) is 4.74 Å². The van der Waals surface area contributed by atoms with Gasteiger partial charge in [0.25, 0.3) is 0 Å². The number of amides is 1. The van der Waals surface area contributed by atoms with Crippen LogP contribution in [0.3, 0.4) is 0 Å². The van der Waals surface area contributed by atoms with Crippen molar-refractivity contribution in [2.75, 3.05) is 13.7 Å². The first-order valence-corrected chi connectivity index (χ1v) is 7.54. The number of benzene rings is 1. The normalized spacial score (nSPS) is 17.7. The summed E-state index contributed by atoms with van der Waals surface area (Å²) < 4.78 is 6.88. The van der Waals surface area contributed by atoms with E-state index in [2.05, 4.69) is 10.1 Å². The van der Waals surface area contributed by atoms with Gasteiger partial charge in [0, 0.05) is 13.0 Å². The number of aromatic nitrogens is 3. The zero-order valence-electron chi connectivity index (χ0n) is 12.7. The van der Waals surface area contributed by atoms with E-state index in [0.717, 1.165) is 25.1 Å². The second-order valence-corrected chi connectivity index (χ2v) is 5.43. The van der Waals surface area contributed by atoms with E-state index in [1.54, 1.807) is 18.1 Å². The number of nitrogens with zero attached hydrogens (tertiary/aromatic N) is 4. The maximum Gasteiger partial charge on any atom is 0.224 e. The number of rotatable bonds is 5. The van der Waals surface area contributed by atoms with Gasteiger partial charge < -0.3 is 9.64 Å². The molecule has 1 amide bonds. The van der Waals surface area contributed by atoms with E-state index in [1.807, 2.05) is 29.2 Å². The Balaban J connectivity index is 1.65. The fraction of sp³-hybridized carbons (Fsp3) is 0.438. The first-order valence-electron chi connectivity index (χ1n) is 7.54. The second-order valence-electron chi connectivity index (χ2n) is 5.43. The van der Waals surface area contributed by atoms with Crippen molar-refractivity contribution in [3.05, 3.63) is 42.5 Å². The number of hydrogen-bond acceptors (Lipinski definition) is 4. The van der Waals surface area contributed by atoms with Crippen molar-refractivity contribution in [3.8, 4) is 5.75 Å². The van der Waals surface area contributed by atoms with E-state index >= 15 is 0 Å². The molecule has 1 aliphatic rings. The summed E-state index contributed by atoms with van der Waals surface area (Å²) in [4.78, 5) is 18.4. The maximum absolute atomic E-state index is 12.5. The van der Waals surface area contributed by atoms with Gasteiger partial charge in [-0.3, -0.25) is 9.48 Å². The van der Waals surface area contributed by atoms with Crippen LogP contribution in [0.1, 0.15) is 30.9 Å². The predicted octanol–water partition coefficient (Wildman–Crippen LogP) is 2.04. The first-order chi connectivity index (χ1) is 10.8. The average molecular weight is 300 g/mol. The van der Waals surface area contributed by atoms with Crippen LogP contribution in [0.4, 0.5) is 0 Å². The van der Waals surface area contributed by atoms with Gasteiger partial charge >= 0.3 is 0 Å². The monoisotopic (exact) mass is 300 g/mol. The standard InChI is InChI=1S/C16H20N4O2/c1-22-14-6-4-13(5-7-14)15-3-2-9-20(15)16(21)8-10-19-12-17-11-18-19/h4-7,11-12,15H,2-3,8-10H2,1H3. The molecule has 1 fully saturated rings. The van der Waals surface area contributed by atoms with Gasteiger partial charge in [-0.1, -0.05) is 12.1 Å². The molecule has 22 heavy (non-hydrogen) atoms. The van der Waals surface area contributed by atoms with E-state index in [-0.39, 0.29) is 11.9 Å². The number of methoxy groups -OCH3 is 1. The molecular weight excluding hydrogens is 280 g/mol. The van der Waals surface area contributed by atoms with Gasteiger partial charge in [0.1, 0.15) is 18.4 Å². The number of aryl methyl sites for hydroxylation is 1. The lowest BCUT2D eigenvalue weighted by Crippen LogP contribution is -2.31. The smallest absolute Gasteiger partial charge is 0.224 e. The third-order valence-corrected chi connectivity index (χ3v) is 4.10. The Bertz CT molecular complexity index is 610. The molecule has 6 nitrogen and oxygen atoms in total. The number of likely N-dealkylation sites (tertiary alicyclic amines) is 1. The summed E-state index contributed by atoms with van der Waals surface area (Å²) >= 11 is 0. The molecule has 2 aromatic rings. The van der Waals surface area contributed by atoms with Gasteiger partial charge in [0.05, 0.1) is 19.7 Å². The van der Waals surface area contributed by atoms with Crippen LogP contribution >= 0.6 is 0 Å². The van der Waals surface area contributed by atoms with Crippen LogP contribution < -0.4 is 4.74 Å². The van der Waals surface area contributed by atoms with Crippen LogP contribution in [0.15, 0.2) is 36.9 Å². The summed E-state index contributed by atoms with van der Waals surface area (Å²) in [5.41, 5.74) is 1.17. The van der Waals surface area contributed by atoms with Crippen LogP contribution in [-0.2, 0) is 11.3 Å². The highest BCUT2D eigenvalue weighted by atomic mass is 16.5. The molecule has 1 unspecified atom stereocenters. The highest BCUT2D eigenvalue weighted by molar-refractivity contribution is 5.77. The lowest BCUT2D eigenvalue weighted by atomic mass is 10.0. The third kappa shape index (κ3) is 3.10. The summed E-state index contributed by atoms with van der Waals surface area (Å²) in [7, 11) is 1.66. The SMILES string of the molecule is COc1ccc(C2CCCN2C(=O)CCn2cncn2)cc1. The van der Waals surface area contributed by atoms with E-state index < -0.39 is 0 Å². The van der Waals surface area contributed by atoms with Crippen LogP contribution in [-0.4, -0.2) is 39.2 Å². The topological polar surface area (TPSA) is 60.2 Å². The Labute approximate surface area is 129 Å². The van der Waals surface area contributed by atoms with E-state index in [0.29, 0.717) is 13.0 Å². The summed E-state index contributed by atoms with van der Waals surface area (Å²) in [6.45, 7) is 1.40. The highest BCUT2D eigenvalue weighted by Crippen LogP contribution is 2.33. The van der Waals surface area contributed by atoms with Crippen LogP contribution in [0.2, 0.25) is 0 Å². The Morgan fingerprint density at radius 3 is 2.86 bits per heavy atom. The summed E-state index contributed by atoms with van der Waals surface area (Å²) in [5.74, 6) is 1.01. The molecule has 1 aromatic carbocycles. The second kappa shape index (κ2) is 6.60. The van der Waals surface area contributed by atoms with Gasteiger partial charge in [-0.15, -0.1) is 0 Å². The van der Waals surface area contributed by atoms with Gasteiger partial charge in [-0.2, -0.15) is 5.10 Å². The predicted molar refractivity (Wildman–Crippen MR) is 81.3 cm³/mol. The van der Waals surface area contributed by atoms with Gasteiger partial charge in [0.15, 0.2) is 0 Å². The Hall–Kier alpha value is -2.37. The molecule has 0 saturated carbocycles. The molecule has 1 aromatic heterocycles. The summed E-state index contributed by atoms with van der Waals surface area (Å²) in [6.07, 6.45) is 5.64. The molecule has 0 bridgehead atoms. The maximum atomic E-state index is 12.5. The van der Waals surface area contributed by atoms with Crippen molar-refractivity contribution in [2.45, 2.75) is 31.8 Å². The molecule has 1 saturated heterocycles. The highest BCUT2D eigenvalue weighted by Gasteiger charge is 2.29. The molecule has 1 atom stereocenters. The van der Waals surface area contributed by atoms with Crippen LogP contribution in [0.5, 0.6) is 5.75 Å². The Kier molecular flexibility index (Phi) is 4.37. The Morgan fingerprint density at radius 1 is 1.36 bits per heavy atom. The number of carbonyl (C=O) groups excluding carboxylic acids is 1. The zero-order chi connectivity index (χ0) is 15.4. The lowest BCUT2D eigenvalue weighted by molar-refractivity contribution is -0.132. The minimum Gasteiger partial charge on any atom is -0.497 e. The largest absolute Gasteiger partial charge is 0.497 e. The lowest BCUT2D eigenvalue weighted by Gasteiger charge is -2.25. The first kappa shape index (κ1) is 14.6. The van der Waals surface area contributed by atoms with Crippen molar-refractivity contribution in [3.63, 3.8) is 0 Å². The zero-order valence-corrected chi connectivity index (χ0v) is 12.7. The molecular formula is C16H20N4O2. The Morgan fingerprint density at radius 2 is 2.18 bits per heavy atom. The molecule has 116 valence electrons. The minimum absolute atomic E-state index is 0.175. The van der Waals surface area contributed by atoms with Crippen LogP contribution in [0, 0.1) is 0 Å². The van der Waals surface area contributed by atoms with Crippen molar-refractivity contribution >= 4 is 5.91 Å². The quantitative estimate of drug-likeness (QED) is 0.848. The van der Waals surface area contributed by atoms with E-state index in [9.17, 15) is 4.79 Å². The minimum atomic E-state index is 0.175. The summed E-state index contributed by atoms with van der Waals surface area (Å²) in [5, 5.41) is 4.03. The fourth-order valence-electron chi connectivity index (χ4n) is 2.94. The third-order valence-electron chi connectivity index (χ3n) is 4.10. The van der Waals surface area contributed by atoms with E-state index in [1.165, 1.54) is 11.9 Å². The molecule has 3 rings (SSSR count). The number of ether oxygens (including phenoxy) is 1. The summed E-state index contributed by atoms with van der Waals surface area (Å²) in [6, 6.07) is 8.17. The number of hydrogen-bond donors (Lipinski definition) is 0. The molecule has 0 aliphatic carbocycles. The molecule has 0 spiro atoms. The molecule has 2 heterocycles. The van der Waals surface area contributed by atoms with Gasteiger partial charge in [0.2, 0.25) is 5.91 Å². The molecule has 6 heteroatoms. The van der Waals surface area contributed by atoms with Crippen molar-refractivity contribution in [1.29, 1.82) is 0 Å². The van der Waals surface area contributed by atoms with Crippen LogP contribution in [0.25, 0.3) is 0 Å². The molecule has 0 N–H and O–H groups in total.